The topological polar surface area (TPSA) is 36.9 Å². The van der Waals surface area contributed by atoms with Crippen molar-refractivity contribution in [3.05, 3.63) is 12.2 Å². The number of hydrogen-bond donors (Lipinski definition) is 0. The highest BCUT2D eigenvalue weighted by Gasteiger charge is 2.74. The van der Waals surface area contributed by atoms with Crippen LogP contribution in [0.3, 0.4) is 0 Å². The van der Waals surface area contributed by atoms with Gasteiger partial charge in [-0.05, 0) is 95.0 Å². The number of rotatable bonds is 0. The largest absolute Gasteiger partial charge is 0.350 e. The van der Waals surface area contributed by atoms with Gasteiger partial charge in [-0.25, -0.2) is 0 Å². The fraction of sp³-hybridized carbons (Fsp3) is 0.923. The molecule has 0 aromatic carbocycles. The first-order valence-corrected chi connectivity index (χ1v) is 12.3. The molecule has 6 rings (SSSR count). The summed E-state index contributed by atoms with van der Waals surface area (Å²) in [5.74, 6) is 0.756. The molecule has 6 fully saturated rings. The zero-order valence-electron chi connectivity index (χ0n) is 19.8. The molecule has 0 radical (unpaired) electrons. The van der Waals surface area contributed by atoms with E-state index in [4.69, 9.17) is 18.9 Å². The first-order valence-electron chi connectivity index (χ1n) is 12.3. The molecule has 2 bridgehead atoms. The summed E-state index contributed by atoms with van der Waals surface area (Å²) in [5.41, 5.74) is 1.78. The summed E-state index contributed by atoms with van der Waals surface area (Å²) < 4.78 is 26.3. The fourth-order valence-electron chi connectivity index (χ4n) is 9.34. The molecule has 2 heterocycles. The molecule has 4 saturated carbocycles. The van der Waals surface area contributed by atoms with Crippen LogP contribution in [0.2, 0.25) is 0 Å². The third-order valence-corrected chi connectivity index (χ3v) is 10.5. The van der Waals surface area contributed by atoms with E-state index in [1.54, 1.807) is 0 Å². The molecule has 4 nitrogen and oxygen atoms in total. The van der Waals surface area contributed by atoms with Crippen LogP contribution in [0.1, 0.15) is 80.1 Å². The van der Waals surface area contributed by atoms with E-state index in [9.17, 15) is 0 Å². The summed E-state index contributed by atoms with van der Waals surface area (Å²) in [7, 11) is 0. The quantitative estimate of drug-likeness (QED) is 0.492. The Morgan fingerprint density at radius 1 is 0.800 bits per heavy atom. The normalized spacial score (nSPS) is 57.9. The van der Waals surface area contributed by atoms with Crippen molar-refractivity contribution in [2.24, 2.45) is 34.0 Å². The van der Waals surface area contributed by atoms with E-state index in [2.05, 4.69) is 48.1 Å². The minimum absolute atomic E-state index is 0.0396. The van der Waals surface area contributed by atoms with Crippen LogP contribution in [-0.4, -0.2) is 36.5 Å². The second-order valence-corrected chi connectivity index (χ2v) is 12.9. The molecule has 1 spiro atoms. The van der Waals surface area contributed by atoms with Crippen LogP contribution in [0.25, 0.3) is 0 Å². The van der Waals surface area contributed by atoms with Gasteiger partial charge in [0, 0.05) is 10.8 Å². The third-order valence-electron chi connectivity index (χ3n) is 10.5. The highest BCUT2D eigenvalue weighted by molar-refractivity contribution is 5.31. The van der Waals surface area contributed by atoms with E-state index in [1.807, 2.05) is 0 Å². The summed E-state index contributed by atoms with van der Waals surface area (Å²) in [5, 5.41) is 0. The number of ether oxygens (including phenoxy) is 4. The second kappa shape index (κ2) is 5.73. The first kappa shape index (κ1) is 20.2. The molecular weight excluding hydrogens is 376 g/mol. The van der Waals surface area contributed by atoms with Crippen molar-refractivity contribution >= 4 is 0 Å². The van der Waals surface area contributed by atoms with Gasteiger partial charge >= 0.3 is 0 Å². The van der Waals surface area contributed by atoms with Crippen molar-refractivity contribution in [3.8, 4) is 0 Å². The summed E-state index contributed by atoms with van der Waals surface area (Å²) in [6, 6.07) is 0. The van der Waals surface area contributed by atoms with Gasteiger partial charge in [-0.2, -0.15) is 0 Å². The molecule has 168 valence electrons. The lowest BCUT2D eigenvalue weighted by Gasteiger charge is -2.70. The van der Waals surface area contributed by atoms with Crippen molar-refractivity contribution in [3.63, 3.8) is 0 Å². The van der Waals surface area contributed by atoms with Crippen LogP contribution in [0.5, 0.6) is 0 Å². The van der Waals surface area contributed by atoms with Crippen molar-refractivity contribution in [2.75, 3.05) is 6.61 Å². The second-order valence-electron chi connectivity index (χ2n) is 12.9. The number of hydrogen-bond acceptors (Lipinski definition) is 4. The highest BCUT2D eigenvalue weighted by Crippen LogP contribution is 2.75. The van der Waals surface area contributed by atoms with Crippen LogP contribution < -0.4 is 0 Å². The lowest BCUT2D eigenvalue weighted by Crippen LogP contribution is -2.71. The van der Waals surface area contributed by atoms with E-state index in [0.717, 1.165) is 19.4 Å². The van der Waals surface area contributed by atoms with Crippen molar-refractivity contribution in [2.45, 2.75) is 110 Å². The average molecular weight is 417 g/mol. The highest BCUT2D eigenvalue weighted by atomic mass is 16.7. The van der Waals surface area contributed by atoms with Gasteiger partial charge in [0.2, 0.25) is 0 Å². The molecule has 6 aliphatic rings. The van der Waals surface area contributed by atoms with Crippen LogP contribution in [0, 0.1) is 34.0 Å². The molecule has 0 amide bonds. The molecular formula is C26H40O4. The maximum Gasteiger partial charge on any atom is 0.163 e. The zero-order chi connectivity index (χ0) is 21.3. The molecule has 2 aliphatic heterocycles. The molecule has 0 aromatic rings. The van der Waals surface area contributed by atoms with E-state index >= 15 is 0 Å². The third kappa shape index (κ3) is 2.32. The van der Waals surface area contributed by atoms with Crippen molar-refractivity contribution < 1.29 is 18.9 Å². The predicted octanol–water partition coefficient (Wildman–Crippen LogP) is 5.46. The van der Waals surface area contributed by atoms with Crippen LogP contribution in [-0.2, 0) is 18.9 Å². The minimum atomic E-state index is -0.546. The zero-order valence-corrected chi connectivity index (χ0v) is 19.8. The lowest BCUT2D eigenvalue weighted by molar-refractivity contribution is -0.393. The Hall–Kier alpha value is -0.420. The van der Waals surface area contributed by atoms with Gasteiger partial charge < -0.3 is 18.9 Å². The van der Waals surface area contributed by atoms with E-state index in [0.29, 0.717) is 17.8 Å². The average Bonchev–Trinajstić information content (AvgIpc) is 2.86. The molecule has 0 aromatic heterocycles. The van der Waals surface area contributed by atoms with E-state index in [-0.39, 0.29) is 34.6 Å². The molecule has 4 aliphatic carbocycles. The fourth-order valence-corrected chi connectivity index (χ4v) is 9.34. The summed E-state index contributed by atoms with van der Waals surface area (Å²) in [6.07, 6.45) is 7.89. The maximum absolute atomic E-state index is 6.80. The Bertz CT molecular complexity index is 788. The molecule has 4 heteroatoms. The van der Waals surface area contributed by atoms with Crippen molar-refractivity contribution in [1.29, 1.82) is 0 Å². The Morgan fingerprint density at radius 2 is 1.53 bits per heavy atom. The Kier molecular flexibility index (Phi) is 3.86. The van der Waals surface area contributed by atoms with E-state index < -0.39 is 11.6 Å². The van der Waals surface area contributed by atoms with Crippen LogP contribution in [0.15, 0.2) is 12.2 Å². The Labute approximate surface area is 182 Å². The molecule has 0 N–H and O–H groups in total. The molecule has 2 saturated heterocycles. The van der Waals surface area contributed by atoms with Gasteiger partial charge in [0.25, 0.3) is 0 Å². The Morgan fingerprint density at radius 3 is 2.30 bits per heavy atom. The monoisotopic (exact) mass is 416 g/mol. The smallest absolute Gasteiger partial charge is 0.163 e. The van der Waals surface area contributed by atoms with Crippen LogP contribution >= 0.6 is 0 Å². The molecule has 0 unspecified atom stereocenters. The predicted molar refractivity (Wildman–Crippen MR) is 115 cm³/mol. The SMILES string of the molecule is C=C1[C@@H]2CC[C@H]3[C@]4(C)CC[C@H]5OC(C)(C)OC[C@]5(C)[C@H]4C[C@@H]4OC(C)(C)O[C@@H]1[C@@]43C2. The first-order chi connectivity index (χ1) is 13.9. The lowest BCUT2D eigenvalue weighted by atomic mass is 9.39. The maximum atomic E-state index is 6.80. The van der Waals surface area contributed by atoms with Gasteiger partial charge in [-0.3, -0.25) is 0 Å². The van der Waals surface area contributed by atoms with E-state index in [1.165, 1.54) is 31.3 Å². The van der Waals surface area contributed by atoms with Gasteiger partial charge in [0.05, 0.1) is 24.9 Å². The van der Waals surface area contributed by atoms with Gasteiger partial charge in [0.1, 0.15) is 0 Å². The van der Waals surface area contributed by atoms with Gasteiger partial charge in [-0.15, -0.1) is 0 Å². The van der Waals surface area contributed by atoms with Gasteiger partial charge in [0.15, 0.2) is 11.6 Å². The van der Waals surface area contributed by atoms with Crippen LogP contribution in [0.4, 0.5) is 0 Å². The minimum Gasteiger partial charge on any atom is -0.350 e. The Balaban J connectivity index is 1.45. The summed E-state index contributed by atoms with van der Waals surface area (Å²) in [6.45, 7) is 18.7. The van der Waals surface area contributed by atoms with Gasteiger partial charge in [-0.1, -0.05) is 20.4 Å². The number of fused-ring (bicyclic) bond motifs is 5. The molecule has 30 heavy (non-hydrogen) atoms. The van der Waals surface area contributed by atoms with Crippen molar-refractivity contribution in [1.82, 2.24) is 0 Å². The summed E-state index contributed by atoms with van der Waals surface area (Å²) >= 11 is 0. The molecule has 9 atom stereocenters. The summed E-state index contributed by atoms with van der Waals surface area (Å²) in [4.78, 5) is 0. The standard InChI is InChI=1S/C26H40O4/c1-15-16-8-9-17-24(6)11-10-19-25(7,14-27-22(2,3)28-19)18(24)12-20-26(17,13-16)21(15)30-23(4,5)29-20/h16-21H,1,8-14H2,2-7H3/t16-,17+,18+,19-,20+,21+,24+,25-,26-/m1/s1.